The first kappa shape index (κ1) is 16.1. The molecule has 0 aromatic heterocycles. The predicted octanol–water partition coefficient (Wildman–Crippen LogP) is 5.47. The lowest BCUT2D eigenvalue weighted by Gasteiger charge is -2.43. The number of aromatic carboxylic acids is 1. The Labute approximate surface area is 156 Å². The zero-order valence-electron chi connectivity index (χ0n) is 14.1. The molecule has 134 valence electrons. The molecule has 0 spiro atoms. The van der Waals surface area contributed by atoms with Crippen LogP contribution in [0.5, 0.6) is 0 Å². The molecule has 0 radical (unpaired) electrons. The Hall–Kier alpha value is -2.07. The number of carboxylic acid groups (broad SMARTS) is 1. The zero-order chi connectivity index (χ0) is 18.0. The molecule has 2 bridgehead atoms. The van der Waals surface area contributed by atoms with Crippen molar-refractivity contribution in [3.8, 4) is 0 Å². The molecule has 0 unspecified atom stereocenters. The Bertz CT molecular complexity index is 895. The number of nitrogens with one attached hydrogen (secondary N) is 1. The number of carbonyl (C=O) groups is 1. The van der Waals surface area contributed by atoms with E-state index in [4.69, 9.17) is 11.6 Å². The van der Waals surface area contributed by atoms with Crippen LogP contribution in [-0.4, -0.2) is 11.1 Å². The first-order valence-corrected chi connectivity index (χ1v) is 9.50. The lowest BCUT2D eigenvalue weighted by molar-refractivity contribution is 0.0696. The van der Waals surface area contributed by atoms with Crippen molar-refractivity contribution in [3.05, 3.63) is 63.9 Å². The van der Waals surface area contributed by atoms with Crippen LogP contribution in [0.1, 0.15) is 52.7 Å². The van der Waals surface area contributed by atoms with E-state index in [0.29, 0.717) is 28.0 Å². The normalized spacial score (nSPS) is 31.2. The Morgan fingerprint density at radius 3 is 2.77 bits per heavy atom. The summed E-state index contributed by atoms with van der Waals surface area (Å²) < 4.78 is 14.7. The monoisotopic (exact) mass is 371 g/mol. The van der Waals surface area contributed by atoms with Gasteiger partial charge in [0, 0.05) is 16.3 Å². The minimum atomic E-state index is -0.910. The molecule has 3 aliphatic rings. The van der Waals surface area contributed by atoms with Gasteiger partial charge in [0.25, 0.3) is 0 Å². The Morgan fingerprint density at radius 2 is 2.00 bits per heavy atom. The smallest absolute Gasteiger partial charge is 0.335 e. The topological polar surface area (TPSA) is 49.3 Å². The quantitative estimate of drug-likeness (QED) is 0.735. The summed E-state index contributed by atoms with van der Waals surface area (Å²) in [7, 11) is 0. The number of anilines is 1. The van der Waals surface area contributed by atoms with Gasteiger partial charge in [-0.3, -0.25) is 0 Å². The van der Waals surface area contributed by atoms with E-state index in [1.54, 1.807) is 18.2 Å². The summed E-state index contributed by atoms with van der Waals surface area (Å²) in [6, 6.07) is 9.91. The molecule has 0 amide bonds. The molecule has 26 heavy (non-hydrogen) atoms. The molecular formula is C21H19ClFNO2. The molecule has 1 aliphatic heterocycles. The van der Waals surface area contributed by atoms with E-state index in [1.165, 1.54) is 12.5 Å². The van der Waals surface area contributed by atoms with Crippen molar-refractivity contribution < 1.29 is 14.3 Å². The first-order valence-electron chi connectivity index (χ1n) is 9.12. The van der Waals surface area contributed by atoms with Gasteiger partial charge >= 0.3 is 5.97 Å². The van der Waals surface area contributed by atoms with Crippen LogP contribution < -0.4 is 5.32 Å². The molecule has 3 nitrogen and oxygen atoms in total. The molecule has 5 rings (SSSR count). The molecule has 2 aromatic carbocycles. The maximum atomic E-state index is 14.7. The average Bonchev–Trinajstić information content (AvgIpc) is 3.23. The van der Waals surface area contributed by atoms with Gasteiger partial charge in [-0.05, 0) is 78.8 Å². The molecule has 0 saturated heterocycles. The Morgan fingerprint density at radius 1 is 1.19 bits per heavy atom. The number of hydrogen-bond acceptors (Lipinski definition) is 2. The van der Waals surface area contributed by atoms with Crippen molar-refractivity contribution in [2.24, 2.45) is 17.8 Å². The second-order valence-corrected chi connectivity index (χ2v) is 8.21. The summed E-state index contributed by atoms with van der Waals surface area (Å²) in [4.78, 5) is 11.4. The van der Waals surface area contributed by atoms with Crippen LogP contribution in [0.4, 0.5) is 10.1 Å². The van der Waals surface area contributed by atoms with Gasteiger partial charge in [-0.15, -0.1) is 0 Å². The highest BCUT2D eigenvalue weighted by Gasteiger charge is 2.54. The number of carboxylic acids is 1. The minimum absolute atomic E-state index is 0.174. The van der Waals surface area contributed by atoms with E-state index in [9.17, 15) is 14.3 Å². The van der Waals surface area contributed by atoms with Crippen LogP contribution >= 0.6 is 11.6 Å². The molecule has 2 N–H and O–H groups in total. The number of benzene rings is 2. The second kappa shape index (κ2) is 5.71. The number of fused-ring (bicyclic) bond motifs is 7. The third-order valence-electron chi connectivity index (χ3n) is 6.64. The Balaban J connectivity index is 1.67. The zero-order valence-corrected chi connectivity index (χ0v) is 14.8. The molecular weight excluding hydrogens is 353 g/mol. The van der Waals surface area contributed by atoms with E-state index in [0.717, 1.165) is 24.1 Å². The fourth-order valence-corrected chi connectivity index (χ4v) is 6.00. The fraction of sp³-hybridized carbons (Fsp3) is 0.381. The van der Waals surface area contributed by atoms with Gasteiger partial charge in [-0.1, -0.05) is 17.7 Å². The minimum Gasteiger partial charge on any atom is -0.478 e. The van der Waals surface area contributed by atoms with Crippen LogP contribution in [0, 0.1) is 23.6 Å². The first-order chi connectivity index (χ1) is 12.5. The van der Waals surface area contributed by atoms with Crippen molar-refractivity contribution in [3.63, 3.8) is 0 Å². The van der Waals surface area contributed by atoms with E-state index >= 15 is 0 Å². The molecule has 1 heterocycles. The lowest BCUT2D eigenvalue weighted by atomic mass is 9.68. The van der Waals surface area contributed by atoms with Crippen molar-refractivity contribution >= 4 is 23.3 Å². The van der Waals surface area contributed by atoms with Crippen LogP contribution in [0.15, 0.2) is 36.4 Å². The van der Waals surface area contributed by atoms with Crippen LogP contribution in [0.25, 0.3) is 0 Å². The summed E-state index contributed by atoms with van der Waals surface area (Å²) in [6.07, 6.45) is 3.46. The number of hydrogen-bond donors (Lipinski definition) is 2. The largest absolute Gasteiger partial charge is 0.478 e. The van der Waals surface area contributed by atoms with Gasteiger partial charge in [-0.25, -0.2) is 9.18 Å². The van der Waals surface area contributed by atoms with Crippen LogP contribution in [-0.2, 0) is 0 Å². The van der Waals surface area contributed by atoms with Crippen molar-refractivity contribution in [1.29, 1.82) is 0 Å². The fourth-order valence-electron chi connectivity index (χ4n) is 5.72. The van der Waals surface area contributed by atoms with Crippen LogP contribution in [0.3, 0.4) is 0 Å². The molecule has 2 aromatic rings. The second-order valence-electron chi connectivity index (χ2n) is 7.80. The maximum Gasteiger partial charge on any atom is 0.335 e. The van der Waals surface area contributed by atoms with Gasteiger partial charge in [0.1, 0.15) is 5.82 Å². The van der Waals surface area contributed by atoms with Gasteiger partial charge in [0.15, 0.2) is 0 Å². The highest BCUT2D eigenvalue weighted by Crippen LogP contribution is 2.64. The molecule has 5 atom stereocenters. The molecule has 2 fully saturated rings. The van der Waals surface area contributed by atoms with Crippen molar-refractivity contribution in [1.82, 2.24) is 0 Å². The van der Waals surface area contributed by atoms with Crippen molar-refractivity contribution in [2.45, 2.75) is 31.2 Å². The average molecular weight is 372 g/mol. The van der Waals surface area contributed by atoms with Gasteiger partial charge in [-0.2, -0.15) is 0 Å². The van der Waals surface area contributed by atoms with Crippen molar-refractivity contribution in [2.75, 3.05) is 5.32 Å². The lowest BCUT2D eigenvalue weighted by Crippen LogP contribution is -2.36. The molecule has 2 saturated carbocycles. The van der Waals surface area contributed by atoms with Crippen LogP contribution in [0.2, 0.25) is 5.02 Å². The van der Waals surface area contributed by atoms with Gasteiger partial charge < -0.3 is 10.4 Å². The van der Waals surface area contributed by atoms with E-state index in [-0.39, 0.29) is 23.7 Å². The van der Waals surface area contributed by atoms with E-state index in [2.05, 4.69) is 5.32 Å². The highest BCUT2D eigenvalue weighted by molar-refractivity contribution is 6.31. The summed E-state index contributed by atoms with van der Waals surface area (Å²) in [5.41, 5.74) is 2.85. The number of halogens is 2. The Kier molecular flexibility index (Phi) is 3.54. The SMILES string of the molecule is O=C(O)c1ccc2c(c1)[C@H]1[C@H]3CC[C@@H](C3)[C@@H]1[C@@H](c1c(F)cccc1Cl)N2. The maximum absolute atomic E-state index is 14.7. The van der Waals surface area contributed by atoms with Gasteiger partial charge in [0.05, 0.1) is 11.6 Å². The third kappa shape index (κ3) is 2.21. The summed E-state index contributed by atoms with van der Waals surface area (Å²) >= 11 is 6.39. The van der Waals surface area contributed by atoms with Gasteiger partial charge in [0.2, 0.25) is 0 Å². The standard InChI is InChI=1S/C21H19ClFNO2/c22-14-2-1-3-15(23)19(14)20-18-11-5-4-10(8-11)17(18)13-9-12(21(25)26)6-7-16(13)24-20/h1-3,6-7,9-11,17-18,20,24H,4-5,8H2,(H,25,26)/t10-,11-,17+,18-,20-/m0/s1. The number of rotatable bonds is 2. The van der Waals surface area contributed by atoms with E-state index in [1.807, 2.05) is 12.1 Å². The highest BCUT2D eigenvalue weighted by atomic mass is 35.5. The summed E-state index contributed by atoms with van der Waals surface area (Å²) in [5, 5.41) is 13.3. The molecule has 2 aliphatic carbocycles. The van der Waals surface area contributed by atoms with E-state index < -0.39 is 5.97 Å². The molecule has 5 heteroatoms. The summed E-state index contributed by atoms with van der Waals surface area (Å²) in [6.45, 7) is 0. The third-order valence-corrected chi connectivity index (χ3v) is 6.97. The predicted molar refractivity (Wildman–Crippen MR) is 98.2 cm³/mol. The summed E-state index contributed by atoms with van der Waals surface area (Å²) in [5.74, 6) is 0.404.